The number of rotatable bonds is 1. The molecule has 0 radical (unpaired) electrons. The van der Waals surface area contributed by atoms with Crippen molar-refractivity contribution >= 4 is 5.57 Å². The molecular weight excluding hydrogens is 160 g/mol. The molecule has 0 saturated heterocycles. The van der Waals surface area contributed by atoms with E-state index in [9.17, 15) is 5.11 Å². The lowest BCUT2D eigenvalue weighted by Gasteiger charge is -2.08. The number of allylic oxidation sites excluding steroid dienone is 4. The van der Waals surface area contributed by atoms with Crippen LogP contribution in [-0.4, -0.2) is 5.11 Å². The van der Waals surface area contributed by atoms with Crippen LogP contribution in [0.4, 0.5) is 0 Å². The van der Waals surface area contributed by atoms with Gasteiger partial charge in [-0.3, -0.25) is 0 Å². The van der Waals surface area contributed by atoms with E-state index in [2.05, 4.69) is 18.2 Å². The first-order valence-electron chi connectivity index (χ1n) is 4.53. The van der Waals surface area contributed by atoms with Crippen LogP contribution in [0.15, 0.2) is 42.5 Å². The second-order valence-corrected chi connectivity index (χ2v) is 3.16. The molecule has 0 saturated carbocycles. The summed E-state index contributed by atoms with van der Waals surface area (Å²) in [4.78, 5) is 0. The zero-order valence-corrected chi connectivity index (χ0v) is 7.40. The summed E-state index contributed by atoms with van der Waals surface area (Å²) in [6.07, 6.45) is 8.55. The Balaban J connectivity index is 2.40. The van der Waals surface area contributed by atoms with Gasteiger partial charge in [0, 0.05) is 5.56 Å². The average molecular weight is 172 g/mol. The Bertz CT molecular complexity index is 361. The maximum atomic E-state index is 9.59. The Kier molecular flexibility index (Phi) is 2.17. The third-order valence-corrected chi connectivity index (χ3v) is 2.21. The summed E-state index contributed by atoms with van der Waals surface area (Å²) in [6.45, 7) is 0. The van der Waals surface area contributed by atoms with Crippen LogP contribution in [0, 0.1) is 0 Å². The van der Waals surface area contributed by atoms with Gasteiger partial charge < -0.3 is 5.11 Å². The van der Waals surface area contributed by atoms with E-state index in [-0.39, 0.29) is 0 Å². The van der Waals surface area contributed by atoms with Crippen molar-refractivity contribution in [3.63, 3.8) is 0 Å². The van der Waals surface area contributed by atoms with Crippen molar-refractivity contribution in [2.75, 3.05) is 0 Å². The molecular formula is C12H12O. The van der Waals surface area contributed by atoms with Gasteiger partial charge in [0.2, 0.25) is 0 Å². The van der Waals surface area contributed by atoms with E-state index < -0.39 is 0 Å². The van der Waals surface area contributed by atoms with Gasteiger partial charge in [-0.1, -0.05) is 36.4 Å². The molecule has 1 aliphatic rings. The number of hydrogen-bond donors (Lipinski definition) is 1. The van der Waals surface area contributed by atoms with Gasteiger partial charge in [-0.05, 0) is 24.5 Å². The van der Waals surface area contributed by atoms with E-state index in [0.717, 1.165) is 24.0 Å². The van der Waals surface area contributed by atoms with Crippen LogP contribution in [-0.2, 0) is 0 Å². The fraction of sp³-hybridized carbons (Fsp3) is 0.167. The smallest absolute Gasteiger partial charge is 0.123 e. The van der Waals surface area contributed by atoms with Crippen LogP contribution in [0.25, 0.3) is 5.57 Å². The zero-order valence-electron chi connectivity index (χ0n) is 7.40. The summed E-state index contributed by atoms with van der Waals surface area (Å²) in [5, 5.41) is 9.59. The average Bonchev–Trinajstić information content (AvgIpc) is 2.20. The third kappa shape index (κ3) is 1.64. The largest absolute Gasteiger partial charge is 0.507 e. The van der Waals surface area contributed by atoms with Crippen molar-refractivity contribution in [1.29, 1.82) is 0 Å². The molecule has 2 rings (SSSR count). The second-order valence-electron chi connectivity index (χ2n) is 3.16. The SMILES string of the molecule is Oc1ccccc1C1=CCCC=C1. The monoisotopic (exact) mass is 172 g/mol. The standard InChI is InChI=1S/C12H12O/c13-12-9-5-4-8-11(12)10-6-2-1-3-7-10/h2,4-9,13H,1,3H2. The first kappa shape index (κ1) is 8.11. The first-order valence-corrected chi connectivity index (χ1v) is 4.53. The van der Waals surface area contributed by atoms with Crippen LogP contribution in [0.1, 0.15) is 18.4 Å². The quantitative estimate of drug-likeness (QED) is 0.690. The van der Waals surface area contributed by atoms with Gasteiger partial charge >= 0.3 is 0 Å². The highest BCUT2D eigenvalue weighted by molar-refractivity contribution is 5.78. The Morgan fingerprint density at radius 1 is 1.08 bits per heavy atom. The lowest BCUT2D eigenvalue weighted by molar-refractivity contribution is 0.473. The van der Waals surface area contributed by atoms with E-state index in [4.69, 9.17) is 0 Å². The predicted octanol–water partition coefficient (Wildman–Crippen LogP) is 3.13. The van der Waals surface area contributed by atoms with Crippen LogP contribution in [0.3, 0.4) is 0 Å². The van der Waals surface area contributed by atoms with Crippen molar-refractivity contribution in [2.24, 2.45) is 0 Å². The lowest BCUT2D eigenvalue weighted by atomic mass is 9.99. The number of para-hydroxylation sites is 1. The van der Waals surface area contributed by atoms with Gasteiger partial charge in [0.1, 0.15) is 5.75 Å². The summed E-state index contributed by atoms with van der Waals surface area (Å²) in [7, 11) is 0. The molecule has 1 aromatic carbocycles. The van der Waals surface area contributed by atoms with Gasteiger partial charge in [-0.25, -0.2) is 0 Å². The van der Waals surface area contributed by atoms with Crippen molar-refractivity contribution in [3.8, 4) is 5.75 Å². The van der Waals surface area contributed by atoms with E-state index in [1.807, 2.05) is 18.2 Å². The molecule has 0 heterocycles. The van der Waals surface area contributed by atoms with Gasteiger partial charge in [-0.2, -0.15) is 0 Å². The fourth-order valence-corrected chi connectivity index (χ4v) is 1.53. The predicted molar refractivity (Wildman–Crippen MR) is 54.5 cm³/mol. The van der Waals surface area contributed by atoms with Crippen LogP contribution < -0.4 is 0 Å². The fourth-order valence-electron chi connectivity index (χ4n) is 1.53. The van der Waals surface area contributed by atoms with Crippen LogP contribution in [0.2, 0.25) is 0 Å². The molecule has 1 aliphatic carbocycles. The van der Waals surface area contributed by atoms with Crippen molar-refractivity contribution in [3.05, 3.63) is 48.1 Å². The van der Waals surface area contributed by atoms with Crippen LogP contribution in [0.5, 0.6) is 5.75 Å². The van der Waals surface area contributed by atoms with Crippen molar-refractivity contribution in [2.45, 2.75) is 12.8 Å². The van der Waals surface area contributed by atoms with Gasteiger partial charge in [-0.15, -0.1) is 0 Å². The molecule has 1 nitrogen and oxygen atoms in total. The number of aromatic hydroxyl groups is 1. The molecule has 1 N–H and O–H groups in total. The summed E-state index contributed by atoms with van der Waals surface area (Å²) >= 11 is 0. The lowest BCUT2D eigenvalue weighted by Crippen LogP contribution is -1.85. The molecule has 13 heavy (non-hydrogen) atoms. The Labute approximate surface area is 78.0 Å². The highest BCUT2D eigenvalue weighted by Gasteiger charge is 2.04. The Morgan fingerprint density at radius 2 is 1.92 bits per heavy atom. The van der Waals surface area contributed by atoms with Gasteiger partial charge in [0.05, 0.1) is 0 Å². The molecule has 0 bridgehead atoms. The summed E-state index contributed by atoms with van der Waals surface area (Å²) in [6, 6.07) is 7.44. The molecule has 0 fully saturated rings. The number of phenolic OH excluding ortho intramolecular Hbond substituents is 1. The summed E-state index contributed by atoms with van der Waals surface area (Å²) in [5.41, 5.74) is 2.06. The second kappa shape index (κ2) is 3.48. The van der Waals surface area contributed by atoms with E-state index >= 15 is 0 Å². The Hall–Kier alpha value is -1.50. The molecule has 0 aromatic heterocycles. The third-order valence-electron chi connectivity index (χ3n) is 2.21. The highest BCUT2D eigenvalue weighted by atomic mass is 16.3. The maximum absolute atomic E-state index is 9.59. The Morgan fingerprint density at radius 3 is 2.62 bits per heavy atom. The van der Waals surface area contributed by atoms with Crippen molar-refractivity contribution in [1.82, 2.24) is 0 Å². The highest BCUT2D eigenvalue weighted by Crippen LogP contribution is 2.27. The molecule has 0 aliphatic heterocycles. The molecule has 0 unspecified atom stereocenters. The minimum Gasteiger partial charge on any atom is -0.507 e. The molecule has 0 atom stereocenters. The van der Waals surface area contributed by atoms with E-state index in [1.165, 1.54) is 0 Å². The van der Waals surface area contributed by atoms with Crippen LogP contribution >= 0.6 is 0 Å². The number of phenols is 1. The van der Waals surface area contributed by atoms with Gasteiger partial charge in [0.25, 0.3) is 0 Å². The normalized spacial score (nSPS) is 15.5. The summed E-state index contributed by atoms with van der Waals surface area (Å²) < 4.78 is 0. The summed E-state index contributed by atoms with van der Waals surface area (Å²) in [5.74, 6) is 0.361. The molecule has 66 valence electrons. The molecule has 0 spiro atoms. The number of benzene rings is 1. The maximum Gasteiger partial charge on any atom is 0.123 e. The zero-order chi connectivity index (χ0) is 9.10. The van der Waals surface area contributed by atoms with E-state index in [1.54, 1.807) is 6.07 Å². The molecule has 0 amide bonds. The number of hydrogen-bond acceptors (Lipinski definition) is 1. The van der Waals surface area contributed by atoms with Gasteiger partial charge in [0.15, 0.2) is 0 Å². The molecule has 1 heteroatoms. The minimum atomic E-state index is 0.361. The molecule has 1 aromatic rings. The topological polar surface area (TPSA) is 20.2 Å². The minimum absolute atomic E-state index is 0.361. The van der Waals surface area contributed by atoms with Crippen molar-refractivity contribution < 1.29 is 5.11 Å². The first-order chi connectivity index (χ1) is 6.38. The van der Waals surface area contributed by atoms with E-state index in [0.29, 0.717) is 5.75 Å².